The van der Waals surface area contributed by atoms with Crippen molar-refractivity contribution < 1.29 is 26.3 Å². The van der Waals surface area contributed by atoms with Gasteiger partial charge >= 0.3 is 12.4 Å². The van der Waals surface area contributed by atoms with E-state index in [0.717, 1.165) is 23.5 Å². The van der Waals surface area contributed by atoms with Gasteiger partial charge in [0.1, 0.15) is 0 Å². The molecule has 0 aliphatic carbocycles. The molecule has 148 valence electrons. The van der Waals surface area contributed by atoms with Crippen molar-refractivity contribution in [1.82, 2.24) is 10.2 Å². The van der Waals surface area contributed by atoms with Crippen LogP contribution in [0.25, 0.3) is 0 Å². The molecule has 0 bridgehead atoms. The second-order valence-electron chi connectivity index (χ2n) is 6.17. The first-order chi connectivity index (χ1) is 12.6. The summed E-state index contributed by atoms with van der Waals surface area (Å²) in [6.45, 7) is 2.19. The molecule has 2 aromatic rings. The smallest absolute Gasteiger partial charge is 0.314 e. The molecule has 1 aliphatic heterocycles. The quantitative estimate of drug-likeness (QED) is 0.655. The standard InChI is InChI=1S/C17H15ClF6N2S/c18-14-2-1-13(27-14)15(26-5-3-25-4-6-26)10-7-11(16(19,20)21)9-12(8-10)17(22,23)24/h1-2,7-9,15,25H,3-6H2/t15-/m0/s1. The Morgan fingerprint density at radius 1 is 0.926 bits per heavy atom. The number of nitrogens with zero attached hydrogens (tertiary/aromatic N) is 1. The highest BCUT2D eigenvalue weighted by molar-refractivity contribution is 7.16. The number of benzene rings is 1. The van der Waals surface area contributed by atoms with Gasteiger partial charge in [0.25, 0.3) is 0 Å². The van der Waals surface area contributed by atoms with E-state index < -0.39 is 29.5 Å². The molecule has 0 spiro atoms. The number of rotatable bonds is 3. The largest absolute Gasteiger partial charge is 0.416 e. The molecule has 1 aromatic carbocycles. The first kappa shape index (κ1) is 20.4. The Morgan fingerprint density at radius 2 is 1.48 bits per heavy atom. The topological polar surface area (TPSA) is 15.3 Å². The maximum atomic E-state index is 13.2. The van der Waals surface area contributed by atoms with E-state index in [2.05, 4.69) is 5.32 Å². The number of hydrogen-bond acceptors (Lipinski definition) is 3. The number of nitrogens with one attached hydrogen (secondary N) is 1. The molecule has 1 N–H and O–H groups in total. The van der Waals surface area contributed by atoms with Crippen LogP contribution >= 0.6 is 22.9 Å². The summed E-state index contributed by atoms with van der Waals surface area (Å²) in [6.07, 6.45) is -9.76. The summed E-state index contributed by atoms with van der Waals surface area (Å²) < 4.78 is 79.9. The van der Waals surface area contributed by atoms with Crippen molar-refractivity contribution in [3.8, 4) is 0 Å². The molecule has 27 heavy (non-hydrogen) atoms. The average molecular weight is 429 g/mol. The lowest BCUT2D eigenvalue weighted by Crippen LogP contribution is -2.45. The zero-order valence-electron chi connectivity index (χ0n) is 13.8. The van der Waals surface area contributed by atoms with Crippen LogP contribution in [0.2, 0.25) is 4.34 Å². The summed E-state index contributed by atoms with van der Waals surface area (Å²) >= 11 is 7.12. The molecule has 1 fully saturated rings. The van der Waals surface area contributed by atoms with Gasteiger partial charge in [0.2, 0.25) is 0 Å². The molecular weight excluding hydrogens is 414 g/mol. The van der Waals surface area contributed by atoms with E-state index >= 15 is 0 Å². The fourth-order valence-electron chi connectivity index (χ4n) is 3.11. The maximum absolute atomic E-state index is 13.2. The van der Waals surface area contributed by atoms with Crippen LogP contribution in [-0.4, -0.2) is 31.1 Å². The lowest BCUT2D eigenvalue weighted by molar-refractivity contribution is -0.143. The summed E-state index contributed by atoms with van der Waals surface area (Å²) in [5, 5.41) is 3.12. The van der Waals surface area contributed by atoms with Crippen molar-refractivity contribution in [2.45, 2.75) is 18.4 Å². The van der Waals surface area contributed by atoms with Crippen LogP contribution in [0.1, 0.15) is 27.6 Å². The van der Waals surface area contributed by atoms with Gasteiger partial charge in [0.05, 0.1) is 21.5 Å². The summed E-state index contributed by atoms with van der Waals surface area (Å²) in [7, 11) is 0. The monoisotopic (exact) mass is 428 g/mol. The van der Waals surface area contributed by atoms with E-state index in [1.54, 1.807) is 12.1 Å². The zero-order chi connectivity index (χ0) is 19.8. The first-order valence-electron chi connectivity index (χ1n) is 8.05. The van der Waals surface area contributed by atoms with Gasteiger partial charge in [0, 0.05) is 31.1 Å². The SMILES string of the molecule is FC(F)(F)c1cc([C@@H](c2ccc(Cl)s2)N2CCNCC2)cc(C(F)(F)F)c1. The second kappa shape index (κ2) is 7.62. The van der Waals surface area contributed by atoms with Crippen LogP contribution < -0.4 is 5.32 Å². The number of piperazine rings is 1. The minimum Gasteiger partial charge on any atom is -0.314 e. The Kier molecular flexibility index (Phi) is 5.77. The minimum atomic E-state index is -4.88. The summed E-state index contributed by atoms with van der Waals surface area (Å²) in [4.78, 5) is 2.48. The van der Waals surface area contributed by atoms with E-state index in [0.29, 0.717) is 35.4 Å². The predicted octanol–water partition coefficient (Wildman–Crippen LogP) is 5.43. The van der Waals surface area contributed by atoms with Gasteiger partial charge in [-0.15, -0.1) is 11.3 Å². The van der Waals surface area contributed by atoms with Crippen LogP contribution in [0.4, 0.5) is 26.3 Å². The van der Waals surface area contributed by atoms with Gasteiger partial charge in [-0.3, -0.25) is 4.90 Å². The van der Waals surface area contributed by atoms with Crippen molar-refractivity contribution in [1.29, 1.82) is 0 Å². The molecule has 1 aromatic heterocycles. The van der Waals surface area contributed by atoms with E-state index in [1.807, 2.05) is 4.90 Å². The van der Waals surface area contributed by atoms with Crippen molar-refractivity contribution >= 4 is 22.9 Å². The molecule has 10 heteroatoms. The highest BCUT2D eigenvalue weighted by Crippen LogP contribution is 2.41. The Bertz CT molecular complexity index is 763. The molecule has 2 nitrogen and oxygen atoms in total. The fraction of sp³-hybridized carbons (Fsp3) is 0.412. The highest BCUT2D eigenvalue weighted by Gasteiger charge is 2.38. The van der Waals surface area contributed by atoms with Gasteiger partial charge in [-0.1, -0.05) is 11.6 Å². The Labute approximate surface area is 160 Å². The average Bonchev–Trinajstić information content (AvgIpc) is 3.00. The summed E-state index contributed by atoms with van der Waals surface area (Å²) in [6, 6.07) is 4.26. The summed E-state index contributed by atoms with van der Waals surface area (Å²) in [5.74, 6) is 0. The Balaban J connectivity index is 2.15. The second-order valence-corrected chi connectivity index (χ2v) is 7.92. The molecule has 0 unspecified atom stereocenters. The predicted molar refractivity (Wildman–Crippen MR) is 92.1 cm³/mol. The Hall–Kier alpha value is -1.29. The third-order valence-electron chi connectivity index (χ3n) is 4.31. The molecule has 1 atom stereocenters. The number of halogens is 7. The van der Waals surface area contributed by atoms with E-state index in [4.69, 9.17) is 11.6 Å². The molecule has 1 saturated heterocycles. The molecule has 1 aliphatic rings. The van der Waals surface area contributed by atoms with Gasteiger partial charge in [-0.2, -0.15) is 26.3 Å². The van der Waals surface area contributed by atoms with Crippen LogP contribution in [0.15, 0.2) is 30.3 Å². The van der Waals surface area contributed by atoms with Gasteiger partial charge in [-0.05, 0) is 35.9 Å². The molecule has 2 heterocycles. The van der Waals surface area contributed by atoms with Crippen molar-refractivity contribution in [3.05, 3.63) is 56.2 Å². The fourth-order valence-corrected chi connectivity index (χ4v) is 4.33. The summed E-state index contributed by atoms with van der Waals surface area (Å²) in [5.41, 5.74) is -2.66. The van der Waals surface area contributed by atoms with Crippen molar-refractivity contribution in [2.24, 2.45) is 0 Å². The maximum Gasteiger partial charge on any atom is 0.416 e. The highest BCUT2D eigenvalue weighted by atomic mass is 35.5. The third-order valence-corrected chi connectivity index (χ3v) is 5.59. The van der Waals surface area contributed by atoms with Gasteiger partial charge in [0.15, 0.2) is 0 Å². The van der Waals surface area contributed by atoms with E-state index in [-0.39, 0.29) is 11.6 Å². The lowest BCUT2D eigenvalue weighted by Gasteiger charge is -2.35. The first-order valence-corrected chi connectivity index (χ1v) is 9.24. The van der Waals surface area contributed by atoms with Gasteiger partial charge < -0.3 is 5.32 Å². The van der Waals surface area contributed by atoms with Crippen LogP contribution in [-0.2, 0) is 12.4 Å². The van der Waals surface area contributed by atoms with Crippen LogP contribution in [0, 0.1) is 0 Å². The Morgan fingerprint density at radius 3 is 1.93 bits per heavy atom. The molecule has 0 radical (unpaired) electrons. The number of hydrogen-bond donors (Lipinski definition) is 1. The lowest BCUT2D eigenvalue weighted by atomic mass is 9.97. The third kappa shape index (κ3) is 4.77. The zero-order valence-corrected chi connectivity index (χ0v) is 15.4. The van der Waals surface area contributed by atoms with E-state index in [9.17, 15) is 26.3 Å². The number of alkyl halides is 6. The van der Waals surface area contributed by atoms with Gasteiger partial charge in [-0.25, -0.2) is 0 Å². The van der Waals surface area contributed by atoms with E-state index in [1.165, 1.54) is 0 Å². The van der Waals surface area contributed by atoms with Crippen LogP contribution in [0.5, 0.6) is 0 Å². The number of thiophene rings is 1. The molecule has 3 rings (SSSR count). The molecular formula is C17H15ClF6N2S. The minimum absolute atomic E-state index is 0.0439. The molecule has 0 saturated carbocycles. The van der Waals surface area contributed by atoms with Crippen molar-refractivity contribution in [3.63, 3.8) is 0 Å². The van der Waals surface area contributed by atoms with Crippen molar-refractivity contribution in [2.75, 3.05) is 26.2 Å². The molecule has 0 amide bonds. The van der Waals surface area contributed by atoms with Crippen LogP contribution in [0.3, 0.4) is 0 Å². The normalized spacial score (nSPS) is 17.9.